The number of ketones is 1. The van der Waals surface area contributed by atoms with Crippen molar-refractivity contribution in [2.24, 2.45) is 10.9 Å². The van der Waals surface area contributed by atoms with Crippen LogP contribution in [-0.4, -0.2) is 16.6 Å². The molecule has 1 unspecified atom stereocenters. The van der Waals surface area contributed by atoms with Crippen molar-refractivity contribution in [3.63, 3.8) is 0 Å². The summed E-state index contributed by atoms with van der Waals surface area (Å²) in [6.07, 6.45) is 6.57. The molecule has 2 aromatic carbocycles. The van der Waals surface area contributed by atoms with Gasteiger partial charge in [-0.05, 0) is 68.7 Å². The molecule has 208 valence electrons. The fourth-order valence-electron chi connectivity index (χ4n) is 3.50. The molecule has 2 aromatic rings. The molecule has 1 saturated carbocycles. The van der Waals surface area contributed by atoms with Crippen molar-refractivity contribution in [3.05, 3.63) is 65.0 Å². The number of hydrogen-bond donors (Lipinski definition) is 1. The summed E-state index contributed by atoms with van der Waals surface area (Å²) >= 11 is 0. The van der Waals surface area contributed by atoms with E-state index in [9.17, 15) is 14.3 Å². The van der Waals surface area contributed by atoms with Gasteiger partial charge in [0, 0.05) is 18.6 Å². The van der Waals surface area contributed by atoms with Gasteiger partial charge in [-0.2, -0.15) is 0 Å². The van der Waals surface area contributed by atoms with Gasteiger partial charge in [0.15, 0.2) is 0 Å². The third-order valence-electron chi connectivity index (χ3n) is 6.47. The van der Waals surface area contributed by atoms with Gasteiger partial charge in [0.1, 0.15) is 17.3 Å². The third kappa shape index (κ3) is 13.7. The van der Waals surface area contributed by atoms with Crippen molar-refractivity contribution in [2.75, 3.05) is 0 Å². The predicted molar refractivity (Wildman–Crippen MR) is 159 cm³/mol. The number of aliphatic hydroxyl groups is 1. The zero-order valence-electron chi connectivity index (χ0n) is 25.1. The van der Waals surface area contributed by atoms with Gasteiger partial charge in [-0.3, -0.25) is 9.79 Å². The maximum atomic E-state index is 13.9. The van der Waals surface area contributed by atoms with E-state index in [2.05, 4.69) is 31.0 Å². The first-order valence-electron chi connectivity index (χ1n) is 14.0. The van der Waals surface area contributed by atoms with Crippen LogP contribution in [0, 0.1) is 18.7 Å². The average Bonchev–Trinajstić information content (AvgIpc) is 2.86. The monoisotopic (exact) mass is 513 g/mol. The molecule has 0 heterocycles. The molecule has 0 bridgehead atoms. The Hall–Kier alpha value is -2.33. The highest BCUT2D eigenvalue weighted by molar-refractivity contribution is 5.84. The standard InChI is InChI=1S/C14H20FNO.C12H16O.C5H10.C2H6/c1-6-10(3)16-13-9(2)7-11(8-12(13)15)14(4,5)17;1-3-12(13)9-10(2)11-7-5-4-6-8-11;1-5-3-2-4-5;1-2/h7-8,17H,6H2,1-5H3;4-8,10H,3,9H2,1-2H3;5H,2-4H2,1H3;1-2H3. The molecule has 4 heteroatoms. The summed E-state index contributed by atoms with van der Waals surface area (Å²) in [7, 11) is 0. The number of halogens is 1. The fourth-order valence-corrected chi connectivity index (χ4v) is 3.50. The van der Waals surface area contributed by atoms with E-state index in [-0.39, 0.29) is 5.82 Å². The van der Waals surface area contributed by atoms with Crippen LogP contribution in [-0.2, 0) is 10.4 Å². The maximum Gasteiger partial charge on any atom is 0.149 e. The Kier molecular flexibility index (Phi) is 16.9. The molecule has 0 amide bonds. The van der Waals surface area contributed by atoms with Crippen molar-refractivity contribution in [3.8, 4) is 0 Å². The summed E-state index contributed by atoms with van der Waals surface area (Å²) in [5, 5.41) is 9.85. The van der Waals surface area contributed by atoms with E-state index < -0.39 is 5.60 Å². The van der Waals surface area contributed by atoms with Crippen LogP contribution in [0.2, 0.25) is 0 Å². The van der Waals surface area contributed by atoms with E-state index in [4.69, 9.17) is 0 Å². The number of nitrogens with zero attached hydrogens (tertiary/aromatic N) is 1. The molecule has 1 N–H and O–H groups in total. The Morgan fingerprint density at radius 3 is 2.03 bits per heavy atom. The van der Waals surface area contributed by atoms with E-state index in [1.165, 1.54) is 30.9 Å². The quantitative estimate of drug-likeness (QED) is 0.374. The van der Waals surface area contributed by atoms with Gasteiger partial charge in [-0.15, -0.1) is 0 Å². The number of rotatable bonds is 7. The van der Waals surface area contributed by atoms with E-state index >= 15 is 0 Å². The molecule has 1 fully saturated rings. The number of Topliss-reactive ketones (excluding diaryl/α,β-unsaturated/α-hetero) is 1. The van der Waals surface area contributed by atoms with Gasteiger partial charge < -0.3 is 5.11 Å². The second-order valence-corrected chi connectivity index (χ2v) is 10.3. The van der Waals surface area contributed by atoms with Crippen molar-refractivity contribution < 1.29 is 14.3 Å². The Bertz CT molecular complexity index is 918. The number of aliphatic imine (C=N–C) groups is 1. The maximum absolute atomic E-state index is 13.9. The number of aryl methyl sites for hydroxylation is 1. The molecule has 0 aliphatic heterocycles. The number of benzene rings is 2. The summed E-state index contributed by atoms with van der Waals surface area (Å²) in [6, 6.07) is 13.3. The van der Waals surface area contributed by atoms with Crippen LogP contribution in [0.5, 0.6) is 0 Å². The zero-order valence-corrected chi connectivity index (χ0v) is 25.1. The van der Waals surface area contributed by atoms with Gasteiger partial charge >= 0.3 is 0 Å². The fraction of sp³-hybridized carbons (Fsp3) is 0.576. The first-order chi connectivity index (χ1) is 17.4. The Balaban J connectivity index is 0.000000568. The summed E-state index contributed by atoms with van der Waals surface area (Å²) in [4.78, 5) is 15.5. The summed E-state index contributed by atoms with van der Waals surface area (Å²) in [5.74, 6) is 1.38. The van der Waals surface area contributed by atoms with Crippen LogP contribution < -0.4 is 0 Å². The molecule has 1 aliphatic carbocycles. The van der Waals surface area contributed by atoms with E-state index in [1.54, 1.807) is 26.8 Å². The van der Waals surface area contributed by atoms with E-state index in [0.29, 0.717) is 35.8 Å². The van der Waals surface area contributed by atoms with Gasteiger partial charge in [-0.25, -0.2) is 4.39 Å². The average molecular weight is 514 g/mol. The lowest BCUT2D eigenvalue weighted by molar-refractivity contribution is -0.119. The van der Waals surface area contributed by atoms with E-state index in [0.717, 1.165) is 23.6 Å². The Labute approximate surface area is 226 Å². The molecule has 0 saturated heterocycles. The Morgan fingerprint density at radius 1 is 1.11 bits per heavy atom. The molecule has 0 aromatic heterocycles. The molecule has 1 atom stereocenters. The van der Waals surface area contributed by atoms with Crippen molar-refractivity contribution in [1.29, 1.82) is 0 Å². The number of hydrogen-bond acceptors (Lipinski definition) is 3. The first-order valence-corrected chi connectivity index (χ1v) is 14.0. The van der Waals surface area contributed by atoms with Gasteiger partial charge in [0.25, 0.3) is 0 Å². The topological polar surface area (TPSA) is 49.7 Å². The summed E-state index contributed by atoms with van der Waals surface area (Å²) in [6.45, 7) is 19.3. The van der Waals surface area contributed by atoms with Crippen LogP contribution in [0.3, 0.4) is 0 Å². The van der Waals surface area contributed by atoms with Gasteiger partial charge in [0.05, 0.1) is 5.60 Å². The number of carbonyl (C=O) groups is 1. The minimum Gasteiger partial charge on any atom is -0.386 e. The largest absolute Gasteiger partial charge is 0.386 e. The second kappa shape index (κ2) is 18.0. The minimum atomic E-state index is -1.03. The molecule has 0 spiro atoms. The van der Waals surface area contributed by atoms with Gasteiger partial charge in [-0.1, -0.05) is 97.2 Å². The lowest BCUT2D eigenvalue weighted by atomic mass is 9.88. The van der Waals surface area contributed by atoms with Crippen LogP contribution in [0.4, 0.5) is 10.1 Å². The van der Waals surface area contributed by atoms with Crippen LogP contribution in [0.15, 0.2) is 47.5 Å². The third-order valence-corrected chi connectivity index (χ3v) is 6.47. The number of carbonyl (C=O) groups excluding carboxylic acids is 1. The van der Waals surface area contributed by atoms with Crippen LogP contribution in [0.25, 0.3) is 0 Å². The predicted octanol–water partition coefficient (Wildman–Crippen LogP) is 9.86. The molecule has 0 radical (unpaired) electrons. The van der Waals surface area contributed by atoms with Crippen molar-refractivity contribution in [1.82, 2.24) is 0 Å². The molecule has 1 aliphatic rings. The summed E-state index contributed by atoms with van der Waals surface area (Å²) < 4.78 is 13.9. The lowest BCUT2D eigenvalue weighted by Crippen LogP contribution is -2.16. The van der Waals surface area contributed by atoms with Crippen LogP contribution >= 0.6 is 0 Å². The highest BCUT2D eigenvalue weighted by Gasteiger charge is 2.19. The molecular weight excluding hydrogens is 461 g/mol. The van der Waals surface area contributed by atoms with Crippen LogP contribution in [0.1, 0.15) is 123 Å². The minimum absolute atomic E-state index is 0.344. The molecule has 37 heavy (non-hydrogen) atoms. The smallest absolute Gasteiger partial charge is 0.149 e. The molecule has 3 rings (SSSR count). The summed E-state index contributed by atoms with van der Waals surface area (Å²) in [5.41, 5.74) is 2.80. The van der Waals surface area contributed by atoms with Crippen molar-refractivity contribution >= 4 is 17.2 Å². The Morgan fingerprint density at radius 2 is 1.65 bits per heavy atom. The molecular formula is C33H52FNO2. The lowest BCUT2D eigenvalue weighted by Gasteiger charge is -2.19. The van der Waals surface area contributed by atoms with E-state index in [1.807, 2.05) is 52.8 Å². The SMILES string of the molecule is CC.CC1CCC1.CCC(=O)CC(C)c1ccccc1.CCC(C)=Nc1c(C)cc(C(C)(C)O)cc1F. The van der Waals surface area contributed by atoms with Gasteiger partial charge in [0.2, 0.25) is 0 Å². The first kappa shape index (κ1) is 34.7. The molecule has 3 nitrogen and oxygen atoms in total. The highest BCUT2D eigenvalue weighted by atomic mass is 19.1. The zero-order chi connectivity index (χ0) is 28.6. The highest BCUT2D eigenvalue weighted by Crippen LogP contribution is 2.30. The normalized spacial score (nSPS) is 14.0. The van der Waals surface area contributed by atoms with Crippen molar-refractivity contribution in [2.45, 2.75) is 119 Å². The second-order valence-electron chi connectivity index (χ2n) is 10.3.